The average Bonchev–Trinajstić information content (AvgIpc) is 2.53. The lowest BCUT2D eigenvalue weighted by Crippen LogP contribution is -2.46. The zero-order valence-electron chi connectivity index (χ0n) is 12.7. The summed E-state index contributed by atoms with van der Waals surface area (Å²) >= 11 is 1.76. The van der Waals surface area contributed by atoms with E-state index in [-0.39, 0.29) is 6.03 Å². The fourth-order valence-electron chi connectivity index (χ4n) is 2.65. The number of rotatable bonds is 5. The number of hydrogen-bond acceptors (Lipinski definition) is 3. The van der Waals surface area contributed by atoms with Crippen molar-refractivity contribution in [2.75, 3.05) is 19.3 Å². The molecule has 0 aliphatic carbocycles. The van der Waals surface area contributed by atoms with Crippen LogP contribution in [0, 0.1) is 5.92 Å². The first-order chi connectivity index (χ1) is 10.6. The maximum Gasteiger partial charge on any atom is 0.317 e. The lowest BCUT2D eigenvalue weighted by atomic mass is 9.99. The Labute approximate surface area is 135 Å². The van der Waals surface area contributed by atoms with Crippen molar-refractivity contribution in [3.05, 3.63) is 35.4 Å². The fourth-order valence-corrected chi connectivity index (χ4v) is 3.16. The number of hydrogen-bond donors (Lipinski definition) is 2. The molecule has 6 heteroatoms. The van der Waals surface area contributed by atoms with Crippen LogP contribution >= 0.6 is 11.8 Å². The van der Waals surface area contributed by atoms with E-state index in [1.165, 1.54) is 5.56 Å². The third-order valence-corrected chi connectivity index (χ3v) is 4.43. The summed E-state index contributed by atoms with van der Waals surface area (Å²) in [6.45, 7) is 1.39. The van der Waals surface area contributed by atoms with Crippen molar-refractivity contribution in [2.45, 2.75) is 25.1 Å². The first-order valence-electron chi connectivity index (χ1n) is 7.42. The number of urea groups is 1. The van der Waals surface area contributed by atoms with E-state index in [2.05, 4.69) is 23.7 Å². The van der Waals surface area contributed by atoms with E-state index in [4.69, 9.17) is 5.11 Å². The number of carboxylic acid groups (broad SMARTS) is 1. The first-order valence-corrected chi connectivity index (χ1v) is 8.82. The minimum absolute atomic E-state index is 0.179. The molecular weight excluding hydrogens is 300 g/mol. The van der Waals surface area contributed by atoms with Crippen molar-refractivity contribution in [1.82, 2.24) is 10.2 Å². The Bertz CT molecular complexity index is 536. The van der Waals surface area contributed by atoms with Crippen molar-refractivity contribution in [3.8, 4) is 0 Å². The summed E-state index contributed by atoms with van der Waals surface area (Å²) in [5.41, 5.74) is 2.30. The highest BCUT2D eigenvalue weighted by Crippen LogP contribution is 2.17. The Morgan fingerprint density at radius 3 is 2.91 bits per heavy atom. The van der Waals surface area contributed by atoms with Gasteiger partial charge in [0.25, 0.3) is 0 Å². The molecule has 0 spiro atoms. The molecule has 120 valence electrons. The normalized spacial score (nSPS) is 18.0. The lowest BCUT2D eigenvalue weighted by Gasteiger charge is -2.30. The molecule has 1 atom stereocenters. The molecule has 1 aliphatic heterocycles. The minimum Gasteiger partial charge on any atom is -0.481 e. The zero-order valence-corrected chi connectivity index (χ0v) is 13.6. The summed E-state index contributed by atoms with van der Waals surface area (Å²) in [6, 6.07) is 7.97. The quantitative estimate of drug-likeness (QED) is 0.874. The van der Waals surface area contributed by atoms with E-state index < -0.39 is 11.9 Å². The molecule has 0 radical (unpaired) electrons. The van der Waals surface area contributed by atoms with Crippen molar-refractivity contribution in [1.29, 1.82) is 0 Å². The Hall–Kier alpha value is -1.69. The third kappa shape index (κ3) is 4.66. The van der Waals surface area contributed by atoms with Crippen molar-refractivity contribution >= 4 is 23.8 Å². The van der Waals surface area contributed by atoms with Gasteiger partial charge in [-0.2, -0.15) is 11.8 Å². The van der Waals surface area contributed by atoms with Crippen LogP contribution in [0.1, 0.15) is 24.0 Å². The van der Waals surface area contributed by atoms with Crippen LogP contribution in [0.3, 0.4) is 0 Å². The Morgan fingerprint density at radius 1 is 1.41 bits per heavy atom. The summed E-state index contributed by atoms with van der Waals surface area (Å²) in [7, 11) is 0. The number of carboxylic acids is 1. The molecule has 2 amide bonds. The highest BCUT2D eigenvalue weighted by molar-refractivity contribution is 7.97. The smallest absolute Gasteiger partial charge is 0.317 e. The Morgan fingerprint density at radius 2 is 2.18 bits per heavy atom. The predicted octanol–water partition coefficient (Wildman–Crippen LogP) is 2.56. The molecule has 1 aromatic carbocycles. The summed E-state index contributed by atoms with van der Waals surface area (Å²) < 4.78 is 0. The van der Waals surface area contributed by atoms with Gasteiger partial charge in [-0.25, -0.2) is 4.79 Å². The molecule has 0 saturated carbocycles. The molecule has 0 aromatic heterocycles. The van der Waals surface area contributed by atoms with Gasteiger partial charge in [0.2, 0.25) is 0 Å². The van der Waals surface area contributed by atoms with Crippen LogP contribution in [0.15, 0.2) is 24.3 Å². The summed E-state index contributed by atoms with van der Waals surface area (Å²) in [5.74, 6) is -0.305. The number of nitrogens with one attached hydrogen (secondary N) is 1. The van der Waals surface area contributed by atoms with E-state index in [0.29, 0.717) is 26.1 Å². The number of carbonyl (C=O) groups excluding carboxylic acids is 1. The lowest BCUT2D eigenvalue weighted by molar-refractivity contribution is -0.143. The van der Waals surface area contributed by atoms with Crippen LogP contribution in [-0.4, -0.2) is 41.4 Å². The molecule has 2 rings (SSSR count). The molecule has 1 heterocycles. The molecule has 1 saturated heterocycles. The third-order valence-electron chi connectivity index (χ3n) is 3.80. The first kappa shape index (κ1) is 16.7. The maximum atomic E-state index is 12.2. The van der Waals surface area contributed by atoms with Crippen LogP contribution in [0.4, 0.5) is 4.79 Å². The molecule has 1 aromatic rings. The van der Waals surface area contributed by atoms with Gasteiger partial charge >= 0.3 is 12.0 Å². The van der Waals surface area contributed by atoms with Gasteiger partial charge < -0.3 is 15.3 Å². The number of aliphatic carboxylic acids is 1. The van der Waals surface area contributed by atoms with Crippen LogP contribution in [0.2, 0.25) is 0 Å². The van der Waals surface area contributed by atoms with Crippen molar-refractivity contribution in [3.63, 3.8) is 0 Å². The number of carbonyl (C=O) groups is 2. The van der Waals surface area contributed by atoms with Gasteiger partial charge in [0, 0.05) is 25.4 Å². The second-order valence-electron chi connectivity index (χ2n) is 5.54. The van der Waals surface area contributed by atoms with E-state index in [1.54, 1.807) is 16.7 Å². The van der Waals surface area contributed by atoms with E-state index >= 15 is 0 Å². The van der Waals surface area contributed by atoms with Crippen molar-refractivity contribution < 1.29 is 14.7 Å². The maximum absolute atomic E-state index is 12.2. The van der Waals surface area contributed by atoms with Gasteiger partial charge in [-0.05, 0) is 30.2 Å². The van der Waals surface area contributed by atoms with Crippen LogP contribution in [0.5, 0.6) is 0 Å². The van der Waals surface area contributed by atoms with Gasteiger partial charge in [-0.1, -0.05) is 24.3 Å². The molecule has 2 N–H and O–H groups in total. The van der Waals surface area contributed by atoms with Crippen LogP contribution < -0.4 is 5.32 Å². The largest absolute Gasteiger partial charge is 0.481 e. The topological polar surface area (TPSA) is 69.6 Å². The van der Waals surface area contributed by atoms with Gasteiger partial charge in [0.15, 0.2) is 0 Å². The summed E-state index contributed by atoms with van der Waals surface area (Å²) in [4.78, 5) is 24.8. The number of nitrogens with zero attached hydrogens (tertiary/aromatic N) is 1. The number of benzene rings is 1. The summed E-state index contributed by atoms with van der Waals surface area (Å²) in [6.07, 6.45) is 3.45. The Balaban J connectivity index is 1.87. The fraction of sp³-hybridized carbons (Fsp3) is 0.500. The number of thioether (sulfide) groups is 1. The number of piperidine rings is 1. The minimum atomic E-state index is -0.817. The van der Waals surface area contributed by atoms with Crippen LogP contribution in [-0.2, 0) is 17.1 Å². The van der Waals surface area contributed by atoms with Gasteiger partial charge in [0.05, 0.1) is 5.92 Å². The van der Waals surface area contributed by atoms with Gasteiger partial charge in [-0.3, -0.25) is 4.79 Å². The molecule has 1 fully saturated rings. The van der Waals surface area contributed by atoms with Gasteiger partial charge in [-0.15, -0.1) is 0 Å². The average molecular weight is 322 g/mol. The summed E-state index contributed by atoms with van der Waals surface area (Å²) in [5, 5.41) is 12.0. The molecule has 1 unspecified atom stereocenters. The van der Waals surface area contributed by atoms with E-state index in [0.717, 1.165) is 17.7 Å². The number of likely N-dealkylation sites (tertiary alicyclic amines) is 1. The Kier molecular flexibility index (Phi) is 6.12. The van der Waals surface area contributed by atoms with E-state index in [1.807, 2.05) is 12.1 Å². The highest BCUT2D eigenvalue weighted by atomic mass is 32.2. The second-order valence-corrected chi connectivity index (χ2v) is 6.40. The second kappa shape index (κ2) is 8.08. The van der Waals surface area contributed by atoms with E-state index in [9.17, 15) is 9.59 Å². The molecule has 0 bridgehead atoms. The van der Waals surface area contributed by atoms with Crippen LogP contribution in [0.25, 0.3) is 0 Å². The molecular formula is C16H22N2O3S. The number of amides is 2. The molecule has 22 heavy (non-hydrogen) atoms. The zero-order chi connectivity index (χ0) is 15.9. The molecule has 1 aliphatic rings. The predicted molar refractivity (Wildman–Crippen MR) is 87.8 cm³/mol. The monoisotopic (exact) mass is 322 g/mol. The highest BCUT2D eigenvalue weighted by Gasteiger charge is 2.27. The molecule has 5 nitrogen and oxygen atoms in total. The standard InChI is InChI=1S/C16H22N2O3S/c1-22-11-13-5-2-4-12(8-13)9-17-16(21)18-7-3-6-14(10-18)15(19)20/h2,4-5,8,14H,3,6-7,9-11H2,1H3,(H,17,21)(H,19,20). The SMILES string of the molecule is CSCc1cccc(CNC(=O)N2CCCC(C(=O)O)C2)c1. The van der Waals surface area contributed by atoms with Gasteiger partial charge in [0.1, 0.15) is 0 Å². The van der Waals surface area contributed by atoms with Crippen molar-refractivity contribution in [2.24, 2.45) is 5.92 Å².